The first-order chi connectivity index (χ1) is 9.49. The Morgan fingerprint density at radius 2 is 2.40 bits per heavy atom. The molecule has 1 aromatic rings. The molecule has 4 nitrogen and oxygen atoms in total. The van der Waals surface area contributed by atoms with Gasteiger partial charge in [0.15, 0.2) is 0 Å². The van der Waals surface area contributed by atoms with Gasteiger partial charge < -0.3 is 9.84 Å². The second-order valence-electron chi connectivity index (χ2n) is 5.82. The summed E-state index contributed by atoms with van der Waals surface area (Å²) in [5.74, 6) is 0.129. The van der Waals surface area contributed by atoms with Gasteiger partial charge in [0.2, 0.25) is 0 Å². The van der Waals surface area contributed by atoms with E-state index >= 15 is 0 Å². The number of fused-ring (bicyclic) bond motifs is 1. The van der Waals surface area contributed by atoms with Gasteiger partial charge in [0.1, 0.15) is 17.4 Å². The molecule has 0 bridgehead atoms. The summed E-state index contributed by atoms with van der Waals surface area (Å²) in [7, 11) is 0. The summed E-state index contributed by atoms with van der Waals surface area (Å²) in [6, 6.07) is 5.63. The zero-order chi connectivity index (χ0) is 14.3. The lowest BCUT2D eigenvalue weighted by Gasteiger charge is -2.32. The third-order valence-corrected chi connectivity index (χ3v) is 4.67. The van der Waals surface area contributed by atoms with Crippen molar-refractivity contribution in [3.8, 4) is 5.75 Å². The predicted octanol–water partition coefficient (Wildman–Crippen LogP) is 2.58. The zero-order valence-electron chi connectivity index (χ0n) is 11.4. The Balaban J connectivity index is 1.70. The average Bonchev–Trinajstić information content (AvgIpc) is 2.94. The molecule has 20 heavy (non-hydrogen) atoms. The Kier molecular flexibility index (Phi) is 3.38. The van der Waals surface area contributed by atoms with Gasteiger partial charge in [-0.05, 0) is 50.1 Å². The largest absolute Gasteiger partial charge is 0.488 e. The number of hydrogen-bond donors (Lipinski definition) is 1. The fraction of sp³-hybridized carbons (Fsp3) is 0.533. The highest BCUT2D eigenvalue weighted by Crippen LogP contribution is 2.34. The quantitative estimate of drug-likeness (QED) is 0.931. The summed E-state index contributed by atoms with van der Waals surface area (Å²) >= 11 is 5.98. The molecule has 1 N–H and O–H groups in total. The van der Waals surface area contributed by atoms with Crippen LogP contribution in [-0.4, -0.2) is 40.7 Å². The molecule has 0 saturated carbocycles. The highest BCUT2D eigenvalue weighted by molar-refractivity contribution is 6.30. The minimum atomic E-state index is -0.754. The van der Waals surface area contributed by atoms with Crippen LogP contribution in [0.5, 0.6) is 5.75 Å². The first-order valence-corrected chi connectivity index (χ1v) is 7.30. The molecule has 0 aliphatic carbocycles. The lowest BCUT2D eigenvalue weighted by molar-refractivity contribution is -0.149. The van der Waals surface area contributed by atoms with Gasteiger partial charge in [-0.3, -0.25) is 9.69 Å². The van der Waals surface area contributed by atoms with Crippen molar-refractivity contribution in [2.24, 2.45) is 0 Å². The van der Waals surface area contributed by atoms with Gasteiger partial charge in [0, 0.05) is 18.0 Å². The Hall–Kier alpha value is -1.26. The van der Waals surface area contributed by atoms with Crippen molar-refractivity contribution in [3.63, 3.8) is 0 Å². The molecule has 0 spiro atoms. The van der Waals surface area contributed by atoms with Gasteiger partial charge in [-0.1, -0.05) is 11.6 Å². The number of nitrogens with zero attached hydrogens (tertiary/aromatic N) is 1. The Morgan fingerprint density at radius 3 is 3.15 bits per heavy atom. The molecule has 3 rings (SSSR count). The van der Waals surface area contributed by atoms with Crippen molar-refractivity contribution in [1.29, 1.82) is 0 Å². The third-order valence-electron chi connectivity index (χ3n) is 4.44. The number of carboxylic acids is 1. The van der Waals surface area contributed by atoms with Crippen LogP contribution in [0.4, 0.5) is 0 Å². The van der Waals surface area contributed by atoms with Gasteiger partial charge >= 0.3 is 5.97 Å². The van der Waals surface area contributed by atoms with Crippen LogP contribution in [0.1, 0.15) is 25.3 Å². The zero-order valence-corrected chi connectivity index (χ0v) is 12.2. The maximum atomic E-state index is 11.5. The Morgan fingerprint density at radius 1 is 1.60 bits per heavy atom. The van der Waals surface area contributed by atoms with Gasteiger partial charge in [-0.25, -0.2) is 0 Å². The van der Waals surface area contributed by atoms with Crippen molar-refractivity contribution < 1.29 is 14.6 Å². The Bertz CT molecular complexity index is 548. The molecule has 1 saturated heterocycles. The number of likely N-dealkylation sites (tertiary alicyclic amines) is 1. The molecule has 1 fully saturated rings. The third kappa shape index (κ3) is 2.27. The van der Waals surface area contributed by atoms with Crippen molar-refractivity contribution >= 4 is 17.6 Å². The van der Waals surface area contributed by atoms with E-state index in [9.17, 15) is 9.90 Å². The van der Waals surface area contributed by atoms with E-state index in [1.54, 1.807) is 6.92 Å². The van der Waals surface area contributed by atoms with Crippen LogP contribution in [0, 0.1) is 0 Å². The van der Waals surface area contributed by atoms with E-state index in [1.165, 1.54) is 0 Å². The first kappa shape index (κ1) is 13.7. The molecule has 2 aliphatic rings. The number of carboxylic acid groups (broad SMARTS) is 1. The summed E-state index contributed by atoms with van der Waals surface area (Å²) in [5, 5.41) is 10.1. The summed E-state index contributed by atoms with van der Waals surface area (Å²) in [4.78, 5) is 13.5. The normalized spacial score (nSPS) is 29.2. The average molecular weight is 296 g/mol. The molecule has 1 aromatic carbocycles. The van der Waals surface area contributed by atoms with Crippen LogP contribution < -0.4 is 4.74 Å². The maximum absolute atomic E-state index is 11.5. The lowest BCUT2D eigenvalue weighted by Crippen LogP contribution is -2.51. The second-order valence-corrected chi connectivity index (χ2v) is 6.26. The van der Waals surface area contributed by atoms with Crippen molar-refractivity contribution in [2.75, 3.05) is 13.1 Å². The number of ether oxygens (including phenoxy) is 1. The highest BCUT2D eigenvalue weighted by atomic mass is 35.5. The van der Waals surface area contributed by atoms with Gasteiger partial charge in [-0.15, -0.1) is 0 Å². The SMILES string of the molecule is CC1(C(=O)O)CCCN1CC1Cc2cc(Cl)ccc2O1. The molecule has 2 atom stereocenters. The highest BCUT2D eigenvalue weighted by Gasteiger charge is 2.44. The topological polar surface area (TPSA) is 49.8 Å². The van der Waals surface area contributed by atoms with E-state index in [4.69, 9.17) is 16.3 Å². The van der Waals surface area contributed by atoms with Crippen LogP contribution >= 0.6 is 11.6 Å². The molecule has 0 aromatic heterocycles. The van der Waals surface area contributed by atoms with Crippen LogP contribution in [0.25, 0.3) is 0 Å². The molecule has 0 radical (unpaired) electrons. The number of carbonyl (C=O) groups is 1. The fourth-order valence-corrected chi connectivity index (χ4v) is 3.39. The molecule has 5 heteroatoms. The standard InChI is InChI=1S/C15H18ClNO3/c1-15(14(18)19)5-2-6-17(15)9-12-8-10-7-11(16)3-4-13(10)20-12/h3-4,7,12H,2,5-6,8-9H2,1H3,(H,18,19). The van der Waals surface area contributed by atoms with Crippen LogP contribution in [0.2, 0.25) is 5.02 Å². The summed E-state index contributed by atoms with van der Waals surface area (Å²) in [6.07, 6.45) is 2.43. The molecule has 2 unspecified atom stereocenters. The van der Waals surface area contributed by atoms with E-state index in [0.29, 0.717) is 18.0 Å². The van der Waals surface area contributed by atoms with E-state index < -0.39 is 11.5 Å². The smallest absolute Gasteiger partial charge is 0.323 e. The fourth-order valence-electron chi connectivity index (χ4n) is 3.19. The Labute approximate surface area is 123 Å². The number of benzene rings is 1. The summed E-state index contributed by atoms with van der Waals surface area (Å²) in [6.45, 7) is 3.27. The number of hydrogen-bond acceptors (Lipinski definition) is 3. The van der Waals surface area contributed by atoms with Crippen LogP contribution in [-0.2, 0) is 11.2 Å². The van der Waals surface area contributed by atoms with Gasteiger partial charge in [0.25, 0.3) is 0 Å². The van der Waals surface area contributed by atoms with Gasteiger partial charge in [0.05, 0.1) is 0 Å². The number of halogens is 1. The molecule has 108 valence electrons. The van der Waals surface area contributed by atoms with Crippen molar-refractivity contribution in [2.45, 2.75) is 37.8 Å². The van der Waals surface area contributed by atoms with Crippen molar-refractivity contribution in [3.05, 3.63) is 28.8 Å². The molecule has 0 amide bonds. The molecular formula is C15H18ClNO3. The van der Waals surface area contributed by atoms with E-state index in [2.05, 4.69) is 0 Å². The van der Waals surface area contributed by atoms with E-state index in [0.717, 1.165) is 30.7 Å². The minimum Gasteiger partial charge on any atom is -0.488 e. The second kappa shape index (κ2) is 4.93. The maximum Gasteiger partial charge on any atom is 0.323 e. The van der Waals surface area contributed by atoms with Crippen molar-refractivity contribution in [1.82, 2.24) is 4.90 Å². The molecule has 2 heterocycles. The predicted molar refractivity (Wildman–Crippen MR) is 76.4 cm³/mol. The van der Waals surface area contributed by atoms with E-state index in [1.807, 2.05) is 23.1 Å². The molecular weight excluding hydrogens is 278 g/mol. The van der Waals surface area contributed by atoms with Crippen LogP contribution in [0.15, 0.2) is 18.2 Å². The lowest BCUT2D eigenvalue weighted by atomic mass is 9.98. The van der Waals surface area contributed by atoms with E-state index in [-0.39, 0.29) is 6.10 Å². The van der Waals surface area contributed by atoms with Gasteiger partial charge in [-0.2, -0.15) is 0 Å². The van der Waals surface area contributed by atoms with Crippen LogP contribution in [0.3, 0.4) is 0 Å². The first-order valence-electron chi connectivity index (χ1n) is 6.92. The molecule has 2 aliphatic heterocycles. The number of aliphatic carboxylic acids is 1. The summed E-state index contributed by atoms with van der Waals surface area (Å²) in [5.41, 5.74) is 0.356. The summed E-state index contributed by atoms with van der Waals surface area (Å²) < 4.78 is 5.90. The number of rotatable bonds is 3. The monoisotopic (exact) mass is 295 g/mol. The minimum absolute atomic E-state index is 0.0141.